The van der Waals surface area contributed by atoms with Crippen molar-refractivity contribution in [2.75, 3.05) is 37.7 Å². The number of para-hydroxylation sites is 1. The van der Waals surface area contributed by atoms with Gasteiger partial charge < -0.3 is 20.4 Å². The van der Waals surface area contributed by atoms with Gasteiger partial charge in [-0.25, -0.2) is 0 Å². The van der Waals surface area contributed by atoms with Crippen LogP contribution in [0.3, 0.4) is 0 Å². The van der Waals surface area contributed by atoms with Gasteiger partial charge in [-0.1, -0.05) is 30.3 Å². The first-order valence-electron chi connectivity index (χ1n) is 9.96. The van der Waals surface area contributed by atoms with Crippen LogP contribution in [0.1, 0.15) is 23.2 Å². The van der Waals surface area contributed by atoms with Crippen molar-refractivity contribution in [1.82, 2.24) is 15.5 Å². The van der Waals surface area contributed by atoms with E-state index in [9.17, 15) is 9.59 Å². The smallest absolute Gasteiger partial charge is 0.252 e. The standard InChI is InChI=1S/C22H25BrN4O2.ClH/c23-19-9-5-4-8-18(19)20(28)24-12-15-26-13-10-22(11-14-26)21(29)25-16-27(22)17-6-2-1-3-7-17;/h1-9H,10-16H2,(H,24,28)(H,25,29);1H. The van der Waals surface area contributed by atoms with Gasteiger partial charge >= 0.3 is 0 Å². The average Bonchev–Trinajstić information content (AvgIpc) is 3.06. The summed E-state index contributed by atoms with van der Waals surface area (Å²) in [5, 5.41) is 6.02. The lowest BCUT2D eigenvalue weighted by Crippen LogP contribution is -2.57. The summed E-state index contributed by atoms with van der Waals surface area (Å²) in [6.07, 6.45) is 1.57. The number of amides is 2. The molecular formula is C22H26BrClN4O2. The zero-order chi connectivity index (χ0) is 20.3. The highest BCUT2D eigenvalue weighted by atomic mass is 79.9. The summed E-state index contributed by atoms with van der Waals surface area (Å²) >= 11 is 3.42. The van der Waals surface area contributed by atoms with Crippen molar-refractivity contribution >= 4 is 45.8 Å². The van der Waals surface area contributed by atoms with Gasteiger partial charge in [0, 0.05) is 36.3 Å². The summed E-state index contributed by atoms with van der Waals surface area (Å²) in [5.41, 5.74) is 1.27. The molecule has 8 heteroatoms. The maximum absolute atomic E-state index is 12.7. The van der Waals surface area contributed by atoms with Crippen LogP contribution in [0.4, 0.5) is 5.69 Å². The summed E-state index contributed by atoms with van der Waals surface area (Å²) in [5.74, 6) is 0.0552. The number of likely N-dealkylation sites (tertiary alicyclic amines) is 1. The monoisotopic (exact) mass is 492 g/mol. The largest absolute Gasteiger partial charge is 0.351 e. The molecule has 2 fully saturated rings. The number of benzene rings is 2. The number of piperidine rings is 1. The van der Waals surface area contributed by atoms with Crippen LogP contribution in [0.15, 0.2) is 59.1 Å². The van der Waals surface area contributed by atoms with Crippen LogP contribution in [0.25, 0.3) is 0 Å². The summed E-state index contributed by atoms with van der Waals surface area (Å²) in [4.78, 5) is 29.6. The molecule has 4 rings (SSSR count). The highest BCUT2D eigenvalue weighted by molar-refractivity contribution is 9.10. The minimum atomic E-state index is -0.462. The Morgan fingerprint density at radius 2 is 1.73 bits per heavy atom. The molecule has 2 amide bonds. The van der Waals surface area contributed by atoms with Crippen molar-refractivity contribution in [2.24, 2.45) is 0 Å². The van der Waals surface area contributed by atoms with Crippen molar-refractivity contribution in [2.45, 2.75) is 18.4 Å². The van der Waals surface area contributed by atoms with Gasteiger partial charge in [0.15, 0.2) is 0 Å². The van der Waals surface area contributed by atoms with Gasteiger partial charge in [-0.15, -0.1) is 12.4 Å². The van der Waals surface area contributed by atoms with Crippen LogP contribution in [0.5, 0.6) is 0 Å². The summed E-state index contributed by atoms with van der Waals surface area (Å²) in [6.45, 7) is 3.59. The number of nitrogens with zero attached hydrogens (tertiary/aromatic N) is 2. The van der Waals surface area contributed by atoms with Crippen LogP contribution in [0, 0.1) is 0 Å². The Morgan fingerprint density at radius 3 is 2.43 bits per heavy atom. The molecule has 6 nitrogen and oxygen atoms in total. The highest BCUT2D eigenvalue weighted by Gasteiger charge is 2.50. The van der Waals surface area contributed by atoms with E-state index in [1.54, 1.807) is 6.07 Å². The lowest BCUT2D eigenvalue weighted by atomic mass is 9.85. The second-order valence-corrected chi connectivity index (χ2v) is 8.39. The fourth-order valence-electron chi connectivity index (χ4n) is 4.25. The molecule has 30 heavy (non-hydrogen) atoms. The maximum Gasteiger partial charge on any atom is 0.252 e. The Morgan fingerprint density at radius 1 is 1.07 bits per heavy atom. The predicted octanol–water partition coefficient (Wildman–Crippen LogP) is 3.03. The quantitative estimate of drug-likeness (QED) is 0.672. The van der Waals surface area contributed by atoms with Gasteiger partial charge in [-0.2, -0.15) is 0 Å². The molecule has 2 aromatic rings. The van der Waals surface area contributed by atoms with E-state index in [-0.39, 0.29) is 24.2 Å². The molecule has 2 aliphatic rings. The van der Waals surface area contributed by atoms with E-state index in [0.29, 0.717) is 18.8 Å². The van der Waals surface area contributed by atoms with Gasteiger partial charge in [0.1, 0.15) is 5.54 Å². The average molecular weight is 494 g/mol. The molecule has 2 saturated heterocycles. The van der Waals surface area contributed by atoms with Crippen molar-refractivity contribution in [1.29, 1.82) is 0 Å². The third-order valence-corrected chi connectivity index (χ3v) is 6.61. The number of hydrogen-bond acceptors (Lipinski definition) is 4. The number of rotatable bonds is 5. The van der Waals surface area contributed by atoms with Gasteiger partial charge in [-0.3, -0.25) is 9.59 Å². The Balaban J connectivity index is 0.00000256. The van der Waals surface area contributed by atoms with Crippen molar-refractivity contribution in [3.63, 3.8) is 0 Å². The third kappa shape index (κ3) is 4.48. The van der Waals surface area contributed by atoms with Crippen LogP contribution >= 0.6 is 28.3 Å². The second kappa shape index (κ2) is 9.81. The molecule has 0 bridgehead atoms. The van der Waals surface area contributed by atoms with E-state index < -0.39 is 5.54 Å². The molecule has 0 saturated carbocycles. The van der Waals surface area contributed by atoms with Crippen molar-refractivity contribution < 1.29 is 9.59 Å². The van der Waals surface area contributed by atoms with E-state index in [1.165, 1.54) is 0 Å². The number of nitrogens with one attached hydrogen (secondary N) is 2. The molecule has 0 atom stereocenters. The maximum atomic E-state index is 12.7. The lowest BCUT2D eigenvalue weighted by molar-refractivity contribution is -0.125. The minimum absolute atomic E-state index is 0. The molecule has 1 spiro atoms. The zero-order valence-electron chi connectivity index (χ0n) is 16.6. The molecule has 0 aromatic heterocycles. The van der Waals surface area contributed by atoms with Gasteiger partial charge in [0.25, 0.3) is 5.91 Å². The number of carbonyl (C=O) groups excluding carboxylic acids is 2. The van der Waals surface area contributed by atoms with E-state index in [0.717, 1.165) is 42.6 Å². The molecular weight excluding hydrogens is 468 g/mol. The van der Waals surface area contributed by atoms with E-state index in [4.69, 9.17) is 0 Å². The Bertz CT molecular complexity index is 888. The number of hydrogen-bond donors (Lipinski definition) is 2. The molecule has 2 heterocycles. The first-order valence-corrected chi connectivity index (χ1v) is 10.8. The molecule has 2 N–H and O–H groups in total. The summed E-state index contributed by atoms with van der Waals surface area (Å²) in [6, 6.07) is 17.6. The normalized spacial score (nSPS) is 18.0. The predicted molar refractivity (Wildman–Crippen MR) is 124 cm³/mol. The fraction of sp³-hybridized carbons (Fsp3) is 0.364. The van der Waals surface area contributed by atoms with Gasteiger partial charge in [-0.05, 0) is 53.0 Å². The SMILES string of the molecule is Cl.O=C(NCCN1CCC2(CC1)C(=O)NCN2c1ccccc1)c1ccccc1Br. The van der Waals surface area contributed by atoms with Crippen LogP contribution in [0.2, 0.25) is 0 Å². The third-order valence-electron chi connectivity index (χ3n) is 5.92. The van der Waals surface area contributed by atoms with Crippen LogP contribution in [-0.2, 0) is 4.79 Å². The molecule has 2 aromatic carbocycles. The molecule has 2 aliphatic heterocycles. The molecule has 0 unspecified atom stereocenters. The van der Waals surface area contributed by atoms with E-state index in [2.05, 4.69) is 48.5 Å². The fourth-order valence-corrected chi connectivity index (χ4v) is 4.71. The van der Waals surface area contributed by atoms with E-state index in [1.807, 2.05) is 36.4 Å². The number of halogens is 2. The zero-order valence-corrected chi connectivity index (χ0v) is 19.0. The van der Waals surface area contributed by atoms with E-state index >= 15 is 0 Å². The van der Waals surface area contributed by atoms with Gasteiger partial charge in [0.05, 0.1) is 12.2 Å². The first kappa shape index (κ1) is 22.6. The number of carbonyl (C=O) groups is 2. The molecule has 0 radical (unpaired) electrons. The number of anilines is 1. The van der Waals surface area contributed by atoms with Crippen molar-refractivity contribution in [3.05, 3.63) is 64.6 Å². The first-order chi connectivity index (χ1) is 14.1. The van der Waals surface area contributed by atoms with Crippen LogP contribution in [-0.4, -0.2) is 55.1 Å². The Kier molecular flexibility index (Phi) is 7.39. The highest BCUT2D eigenvalue weighted by Crippen LogP contribution is 2.35. The Labute approximate surface area is 191 Å². The Hall–Kier alpha value is -2.09. The lowest BCUT2D eigenvalue weighted by Gasteiger charge is -2.43. The van der Waals surface area contributed by atoms with Crippen LogP contribution < -0.4 is 15.5 Å². The summed E-state index contributed by atoms with van der Waals surface area (Å²) in [7, 11) is 0. The minimum Gasteiger partial charge on any atom is -0.351 e. The second-order valence-electron chi connectivity index (χ2n) is 7.54. The molecule has 160 valence electrons. The summed E-state index contributed by atoms with van der Waals surface area (Å²) < 4.78 is 0.797. The topological polar surface area (TPSA) is 64.7 Å². The molecule has 0 aliphatic carbocycles. The van der Waals surface area contributed by atoms with Crippen molar-refractivity contribution in [3.8, 4) is 0 Å². The van der Waals surface area contributed by atoms with Gasteiger partial charge in [0.2, 0.25) is 5.91 Å².